The number of unbranched alkanes of at least 4 members (excludes halogenated alkanes) is 1. The summed E-state index contributed by atoms with van der Waals surface area (Å²) >= 11 is 0. The lowest BCUT2D eigenvalue weighted by Crippen LogP contribution is -2.30. The second kappa shape index (κ2) is 11.0. The normalized spacial score (nSPS) is 10.8. The SMILES string of the molecule is CCCCN(CC)CCNc1ncnc2oc(C)c(C(=O)OCC)c12.Cl. The van der Waals surface area contributed by atoms with Crippen molar-refractivity contribution >= 4 is 35.3 Å². The van der Waals surface area contributed by atoms with Gasteiger partial charge in [-0.05, 0) is 33.4 Å². The molecule has 1 N–H and O–H groups in total. The van der Waals surface area contributed by atoms with Crippen LogP contribution in [0.5, 0.6) is 0 Å². The number of fused-ring (bicyclic) bond motifs is 1. The summed E-state index contributed by atoms with van der Waals surface area (Å²) in [5.74, 6) is 0.696. The van der Waals surface area contributed by atoms with E-state index in [4.69, 9.17) is 9.15 Å². The first-order valence-electron chi connectivity index (χ1n) is 8.99. The first-order valence-corrected chi connectivity index (χ1v) is 8.99. The molecule has 2 aromatic rings. The fraction of sp³-hybridized carbons (Fsp3) is 0.611. The molecule has 0 bridgehead atoms. The van der Waals surface area contributed by atoms with Gasteiger partial charge in [-0.25, -0.2) is 14.8 Å². The minimum Gasteiger partial charge on any atom is -0.462 e. The van der Waals surface area contributed by atoms with Crippen molar-refractivity contribution in [2.75, 3.05) is 38.1 Å². The van der Waals surface area contributed by atoms with Crippen molar-refractivity contribution in [3.05, 3.63) is 17.7 Å². The van der Waals surface area contributed by atoms with Gasteiger partial charge in [-0.2, -0.15) is 0 Å². The third-order valence-corrected chi connectivity index (χ3v) is 4.14. The van der Waals surface area contributed by atoms with Gasteiger partial charge < -0.3 is 19.4 Å². The van der Waals surface area contributed by atoms with E-state index in [1.54, 1.807) is 13.8 Å². The predicted octanol–water partition coefficient (Wildman–Crippen LogP) is 3.66. The summed E-state index contributed by atoms with van der Waals surface area (Å²) < 4.78 is 10.8. The van der Waals surface area contributed by atoms with Crippen molar-refractivity contribution in [1.82, 2.24) is 14.9 Å². The molecule has 7 nitrogen and oxygen atoms in total. The number of anilines is 1. The molecule has 0 atom stereocenters. The zero-order chi connectivity index (χ0) is 18.2. The largest absolute Gasteiger partial charge is 0.462 e. The van der Waals surface area contributed by atoms with E-state index in [0.29, 0.717) is 34.8 Å². The molecule has 2 aromatic heterocycles. The number of hydrogen-bond acceptors (Lipinski definition) is 7. The van der Waals surface area contributed by atoms with Crippen molar-refractivity contribution in [2.24, 2.45) is 0 Å². The van der Waals surface area contributed by atoms with Crippen molar-refractivity contribution < 1.29 is 13.9 Å². The Morgan fingerprint density at radius 2 is 2.04 bits per heavy atom. The van der Waals surface area contributed by atoms with Crippen LogP contribution >= 0.6 is 12.4 Å². The van der Waals surface area contributed by atoms with E-state index in [1.807, 2.05) is 0 Å². The van der Waals surface area contributed by atoms with E-state index in [0.717, 1.165) is 26.2 Å². The smallest absolute Gasteiger partial charge is 0.342 e. The lowest BCUT2D eigenvalue weighted by molar-refractivity contribution is 0.0526. The van der Waals surface area contributed by atoms with Gasteiger partial charge in [0.25, 0.3) is 0 Å². The molecule has 8 heteroatoms. The van der Waals surface area contributed by atoms with Gasteiger partial charge in [-0.15, -0.1) is 12.4 Å². The Kier molecular flexibility index (Phi) is 9.37. The number of halogens is 1. The van der Waals surface area contributed by atoms with Crippen molar-refractivity contribution in [3.63, 3.8) is 0 Å². The topological polar surface area (TPSA) is 80.5 Å². The molecule has 0 aliphatic rings. The van der Waals surface area contributed by atoms with Crippen LogP contribution in [0.3, 0.4) is 0 Å². The molecule has 0 spiro atoms. The molecule has 2 heterocycles. The Hall–Kier alpha value is -1.86. The molecule has 2 rings (SSSR count). The molecule has 26 heavy (non-hydrogen) atoms. The number of carbonyl (C=O) groups excluding carboxylic acids is 1. The molecule has 0 aromatic carbocycles. The molecule has 0 aliphatic heterocycles. The number of nitrogens with zero attached hydrogens (tertiary/aromatic N) is 3. The summed E-state index contributed by atoms with van der Waals surface area (Å²) in [7, 11) is 0. The Morgan fingerprint density at radius 1 is 1.27 bits per heavy atom. The minimum atomic E-state index is -0.408. The average molecular weight is 385 g/mol. The van der Waals surface area contributed by atoms with Crippen LogP contribution in [0.4, 0.5) is 5.82 Å². The maximum atomic E-state index is 12.3. The molecule has 0 fully saturated rings. The lowest BCUT2D eigenvalue weighted by Gasteiger charge is -2.20. The molecule has 0 amide bonds. The first-order chi connectivity index (χ1) is 12.1. The van der Waals surface area contributed by atoms with Gasteiger partial charge in [0, 0.05) is 13.1 Å². The van der Waals surface area contributed by atoms with E-state index in [1.165, 1.54) is 19.2 Å². The molecular formula is C18H29ClN4O3. The molecule has 146 valence electrons. The van der Waals surface area contributed by atoms with Gasteiger partial charge in [-0.1, -0.05) is 20.3 Å². The monoisotopic (exact) mass is 384 g/mol. The van der Waals surface area contributed by atoms with Crippen LogP contribution in [0.1, 0.15) is 49.7 Å². The van der Waals surface area contributed by atoms with E-state index in [-0.39, 0.29) is 12.4 Å². The second-order valence-corrected chi connectivity index (χ2v) is 5.87. The van der Waals surface area contributed by atoms with Crippen LogP contribution in [-0.2, 0) is 4.74 Å². The van der Waals surface area contributed by atoms with Crippen LogP contribution < -0.4 is 5.32 Å². The predicted molar refractivity (Wildman–Crippen MR) is 105 cm³/mol. The van der Waals surface area contributed by atoms with Crippen LogP contribution in [0.25, 0.3) is 11.1 Å². The molecule has 0 saturated carbocycles. The lowest BCUT2D eigenvalue weighted by atomic mass is 10.2. The Bertz CT molecular complexity index is 705. The number of ether oxygens (including phenoxy) is 1. The van der Waals surface area contributed by atoms with Crippen LogP contribution in [0.15, 0.2) is 10.7 Å². The van der Waals surface area contributed by atoms with E-state index in [2.05, 4.69) is 34.0 Å². The van der Waals surface area contributed by atoms with Gasteiger partial charge >= 0.3 is 5.97 Å². The second-order valence-electron chi connectivity index (χ2n) is 5.87. The maximum Gasteiger partial charge on any atom is 0.342 e. The number of carbonyl (C=O) groups is 1. The highest BCUT2D eigenvalue weighted by molar-refractivity contribution is 6.07. The summed E-state index contributed by atoms with van der Waals surface area (Å²) in [6.07, 6.45) is 3.82. The summed E-state index contributed by atoms with van der Waals surface area (Å²) in [6.45, 7) is 11.9. The van der Waals surface area contributed by atoms with Crippen LogP contribution in [-0.4, -0.2) is 53.6 Å². The van der Waals surface area contributed by atoms with Gasteiger partial charge in [0.1, 0.15) is 23.5 Å². The standard InChI is InChI=1S/C18H28N4O3.ClH/c1-5-8-10-22(6-2)11-9-19-16-15-14(18(23)24-7-3)13(4)25-17(15)21-12-20-16;/h12H,5-11H2,1-4H3,(H,19,20,21);1H. The Morgan fingerprint density at radius 3 is 2.69 bits per heavy atom. The highest BCUT2D eigenvalue weighted by Crippen LogP contribution is 2.29. The first kappa shape index (κ1) is 22.2. The van der Waals surface area contributed by atoms with E-state index >= 15 is 0 Å². The zero-order valence-corrected chi connectivity index (χ0v) is 16.8. The molecule has 0 radical (unpaired) electrons. The molecule has 0 aliphatic carbocycles. The molecular weight excluding hydrogens is 356 g/mol. The summed E-state index contributed by atoms with van der Waals surface area (Å²) in [5, 5.41) is 3.91. The van der Waals surface area contributed by atoms with Gasteiger partial charge in [0.2, 0.25) is 5.71 Å². The summed E-state index contributed by atoms with van der Waals surface area (Å²) in [5.41, 5.74) is 0.801. The van der Waals surface area contributed by atoms with Crippen molar-refractivity contribution in [1.29, 1.82) is 0 Å². The minimum absolute atomic E-state index is 0. The average Bonchev–Trinajstić information content (AvgIpc) is 2.94. The van der Waals surface area contributed by atoms with Gasteiger partial charge in [-0.3, -0.25) is 0 Å². The highest BCUT2D eigenvalue weighted by Gasteiger charge is 2.23. The van der Waals surface area contributed by atoms with Crippen LogP contribution in [0.2, 0.25) is 0 Å². The van der Waals surface area contributed by atoms with Gasteiger partial charge in [0.05, 0.1) is 12.0 Å². The summed E-state index contributed by atoms with van der Waals surface area (Å²) in [6, 6.07) is 0. The molecule has 0 unspecified atom stereocenters. The summed E-state index contributed by atoms with van der Waals surface area (Å²) in [4.78, 5) is 23.1. The van der Waals surface area contributed by atoms with Gasteiger partial charge in [0.15, 0.2) is 0 Å². The number of esters is 1. The number of likely N-dealkylation sites (N-methyl/N-ethyl adjacent to an activating group) is 1. The number of furan rings is 1. The third-order valence-electron chi connectivity index (χ3n) is 4.14. The fourth-order valence-corrected chi connectivity index (χ4v) is 2.77. The number of rotatable bonds is 10. The number of aromatic nitrogens is 2. The van der Waals surface area contributed by atoms with E-state index < -0.39 is 5.97 Å². The molecule has 0 saturated heterocycles. The van der Waals surface area contributed by atoms with Crippen molar-refractivity contribution in [2.45, 2.75) is 40.5 Å². The highest BCUT2D eigenvalue weighted by atomic mass is 35.5. The van der Waals surface area contributed by atoms with E-state index in [9.17, 15) is 4.79 Å². The third kappa shape index (κ3) is 5.32. The van der Waals surface area contributed by atoms with Crippen LogP contribution in [0, 0.1) is 6.92 Å². The number of hydrogen-bond donors (Lipinski definition) is 1. The Labute approximate surface area is 160 Å². The fourth-order valence-electron chi connectivity index (χ4n) is 2.77. The van der Waals surface area contributed by atoms with Crippen molar-refractivity contribution in [3.8, 4) is 0 Å². The number of aryl methyl sites for hydroxylation is 1. The maximum absolute atomic E-state index is 12.3. The zero-order valence-electron chi connectivity index (χ0n) is 16.0. The Balaban J connectivity index is 0.00000338. The number of nitrogens with one attached hydrogen (secondary N) is 1. The quantitative estimate of drug-likeness (QED) is 0.626.